The van der Waals surface area contributed by atoms with E-state index in [0.717, 1.165) is 16.2 Å². The van der Waals surface area contributed by atoms with E-state index in [0.29, 0.717) is 30.2 Å². The molecule has 1 N–H and O–H groups in total. The maximum absolute atomic E-state index is 13.3. The first kappa shape index (κ1) is 22.9. The summed E-state index contributed by atoms with van der Waals surface area (Å²) in [6.07, 6.45) is 4.09. The summed E-state index contributed by atoms with van der Waals surface area (Å²) in [7, 11) is 1.77. The fourth-order valence-electron chi connectivity index (χ4n) is 3.17. The van der Waals surface area contributed by atoms with Crippen molar-refractivity contribution in [1.82, 2.24) is 19.2 Å². The Morgan fingerprint density at radius 1 is 1.29 bits per heavy atom. The number of nitriles is 1. The summed E-state index contributed by atoms with van der Waals surface area (Å²) in [6, 6.07) is 16.7. The van der Waals surface area contributed by atoms with Crippen LogP contribution in [-0.4, -0.2) is 33.4 Å². The van der Waals surface area contributed by atoms with Crippen molar-refractivity contribution < 1.29 is 4.79 Å². The number of likely N-dealkylation sites (N-methyl/N-ethyl adjacent to an activating group) is 1. The molecule has 3 aromatic rings. The summed E-state index contributed by atoms with van der Waals surface area (Å²) in [5.41, 5.74) is 2.43. The van der Waals surface area contributed by atoms with E-state index in [1.54, 1.807) is 24.2 Å². The highest BCUT2D eigenvalue weighted by Crippen LogP contribution is 2.29. The van der Waals surface area contributed by atoms with E-state index < -0.39 is 6.04 Å². The molecular formula is C23H24ClN5OS. The standard InChI is InChI=1S/C23H24ClN5OS/c1-17-7-5-10-20(24)22(17)31-27-21(11-14-29-13-6-9-19(29)15-25)23(30)28(2)16-18-8-3-4-12-26-18/h3-10,12-13,21,27H,11,14,16H2,1-2H3. The van der Waals surface area contributed by atoms with Crippen molar-refractivity contribution in [2.45, 2.75) is 37.4 Å². The normalized spacial score (nSPS) is 11.7. The first-order chi connectivity index (χ1) is 15.0. The lowest BCUT2D eigenvalue weighted by Gasteiger charge is -2.25. The van der Waals surface area contributed by atoms with Gasteiger partial charge in [0.1, 0.15) is 11.8 Å². The number of carbonyl (C=O) groups is 1. The molecule has 1 atom stereocenters. The Balaban J connectivity index is 1.74. The Kier molecular flexibility index (Phi) is 8.13. The number of carbonyl (C=O) groups excluding carboxylic acids is 1. The second kappa shape index (κ2) is 11.0. The van der Waals surface area contributed by atoms with E-state index >= 15 is 0 Å². The first-order valence-electron chi connectivity index (χ1n) is 9.87. The number of hydrogen-bond donors (Lipinski definition) is 1. The Morgan fingerprint density at radius 2 is 2.13 bits per heavy atom. The molecule has 0 spiro atoms. The zero-order valence-electron chi connectivity index (χ0n) is 17.5. The summed E-state index contributed by atoms with van der Waals surface area (Å²) in [6.45, 7) is 2.94. The highest BCUT2D eigenvalue weighted by molar-refractivity contribution is 7.97. The van der Waals surface area contributed by atoms with Gasteiger partial charge in [-0.05, 0) is 61.2 Å². The molecule has 0 bridgehead atoms. The van der Waals surface area contributed by atoms with Gasteiger partial charge in [-0.1, -0.05) is 29.8 Å². The molecule has 0 saturated carbocycles. The third kappa shape index (κ3) is 6.11. The van der Waals surface area contributed by atoms with Crippen LogP contribution in [0.15, 0.2) is 65.8 Å². The number of rotatable bonds is 9. The quantitative estimate of drug-likeness (QED) is 0.485. The smallest absolute Gasteiger partial charge is 0.240 e. The molecule has 31 heavy (non-hydrogen) atoms. The zero-order chi connectivity index (χ0) is 22.2. The molecule has 0 saturated heterocycles. The molecular weight excluding hydrogens is 430 g/mol. The van der Waals surface area contributed by atoms with Crippen molar-refractivity contribution in [3.8, 4) is 6.07 Å². The van der Waals surface area contributed by atoms with Crippen LogP contribution in [0, 0.1) is 18.3 Å². The van der Waals surface area contributed by atoms with Gasteiger partial charge in [-0.3, -0.25) is 9.78 Å². The Bertz CT molecular complexity index is 1040. The minimum atomic E-state index is -0.469. The number of amides is 1. The zero-order valence-corrected chi connectivity index (χ0v) is 19.0. The van der Waals surface area contributed by atoms with Gasteiger partial charge in [0, 0.05) is 30.9 Å². The fourth-order valence-corrected chi connectivity index (χ4v) is 4.38. The van der Waals surface area contributed by atoms with Gasteiger partial charge in [0.05, 0.1) is 23.3 Å². The van der Waals surface area contributed by atoms with E-state index in [4.69, 9.17) is 11.6 Å². The molecule has 0 aliphatic carbocycles. The highest BCUT2D eigenvalue weighted by atomic mass is 35.5. The minimum absolute atomic E-state index is 0.0477. The van der Waals surface area contributed by atoms with E-state index in [-0.39, 0.29) is 5.91 Å². The number of pyridine rings is 1. The number of benzene rings is 1. The van der Waals surface area contributed by atoms with Crippen LogP contribution in [0.25, 0.3) is 0 Å². The second-order valence-electron chi connectivity index (χ2n) is 7.16. The van der Waals surface area contributed by atoms with Crippen LogP contribution in [-0.2, 0) is 17.9 Å². The lowest BCUT2D eigenvalue weighted by Crippen LogP contribution is -2.43. The van der Waals surface area contributed by atoms with E-state index in [1.807, 2.05) is 60.2 Å². The van der Waals surface area contributed by atoms with Gasteiger partial charge < -0.3 is 9.47 Å². The number of halogens is 1. The molecule has 2 aromatic heterocycles. The molecule has 0 fully saturated rings. The van der Waals surface area contributed by atoms with Crippen LogP contribution in [0.4, 0.5) is 0 Å². The van der Waals surface area contributed by atoms with Crippen molar-refractivity contribution >= 4 is 29.5 Å². The molecule has 6 nitrogen and oxygen atoms in total. The van der Waals surface area contributed by atoms with Crippen molar-refractivity contribution in [3.05, 3.63) is 82.9 Å². The van der Waals surface area contributed by atoms with Gasteiger partial charge in [0.2, 0.25) is 5.91 Å². The van der Waals surface area contributed by atoms with Crippen molar-refractivity contribution in [2.24, 2.45) is 0 Å². The summed E-state index contributed by atoms with van der Waals surface area (Å²) in [4.78, 5) is 20.1. The molecule has 160 valence electrons. The summed E-state index contributed by atoms with van der Waals surface area (Å²) < 4.78 is 5.16. The van der Waals surface area contributed by atoms with Crippen molar-refractivity contribution in [3.63, 3.8) is 0 Å². The summed E-state index contributed by atoms with van der Waals surface area (Å²) in [5.74, 6) is -0.0477. The van der Waals surface area contributed by atoms with Crippen molar-refractivity contribution in [2.75, 3.05) is 7.05 Å². The summed E-state index contributed by atoms with van der Waals surface area (Å²) >= 11 is 7.72. The topological polar surface area (TPSA) is 74.0 Å². The molecule has 0 aliphatic heterocycles. The monoisotopic (exact) mass is 453 g/mol. The number of nitrogens with zero attached hydrogens (tertiary/aromatic N) is 4. The molecule has 1 unspecified atom stereocenters. The number of hydrogen-bond acceptors (Lipinski definition) is 5. The Labute approximate surface area is 192 Å². The predicted octanol–water partition coefficient (Wildman–Crippen LogP) is 4.43. The van der Waals surface area contributed by atoms with E-state index in [2.05, 4.69) is 15.8 Å². The van der Waals surface area contributed by atoms with Crippen molar-refractivity contribution in [1.29, 1.82) is 5.26 Å². The SMILES string of the molecule is Cc1cccc(Cl)c1SNC(CCn1cccc1C#N)C(=O)N(C)Cc1ccccn1. The molecule has 8 heteroatoms. The average molecular weight is 454 g/mol. The maximum Gasteiger partial charge on any atom is 0.240 e. The average Bonchev–Trinajstić information content (AvgIpc) is 3.23. The van der Waals surface area contributed by atoms with Crippen LogP contribution >= 0.6 is 23.5 Å². The largest absolute Gasteiger partial charge is 0.339 e. The van der Waals surface area contributed by atoms with E-state index in [1.165, 1.54) is 11.9 Å². The minimum Gasteiger partial charge on any atom is -0.339 e. The number of aryl methyl sites for hydroxylation is 2. The van der Waals surface area contributed by atoms with Crippen LogP contribution in [0.2, 0.25) is 5.02 Å². The lowest BCUT2D eigenvalue weighted by atomic mass is 10.2. The van der Waals surface area contributed by atoms with Gasteiger partial charge in [0.15, 0.2) is 0 Å². The predicted molar refractivity (Wildman–Crippen MR) is 123 cm³/mol. The number of aromatic nitrogens is 2. The first-order valence-corrected chi connectivity index (χ1v) is 11.1. The Hall–Kier alpha value is -2.79. The highest BCUT2D eigenvalue weighted by Gasteiger charge is 2.23. The van der Waals surface area contributed by atoms with E-state index in [9.17, 15) is 10.1 Å². The molecule has 0 radical (unpaired) electrons. The summed E-state index contributed by atoms with van der Waals surface area (Å²) in [5, 5.41) is 9.90. The van der Waals surface area contributed by atoms with Crippen LogP contribution in [0.3, 0.4) is 0 Å². The molecule has 1 aromatic carbocycles. The van der Waals surface area contributed by atoms with Gasteiger partial charge >= 0.3 is 0 Å². The second-order valence-corrected chi connectivity index (χ2v) is 8.42. The van der Waals surface area contributed by atoms with Crippen LogP contribution < -0.4 is 4.72 Å². The lowest BCUT2D eigenvalue weighted by molar-refractivity contribution is -0.132. The van der Waals surface area contributed by atoms with Crippen LogP contribution in [0.1, 0.15) is 23.4 Å². The van der Waals surface area contributed by atoms with Gasteiger partial charge in [-0.25, -0.2) is 4.72 Å². The Morgan fingerprint density at radius 3 is 2.84 bits per heavy atom. The molecule has 0 aliphatic rings. The fraction of sp³-hybridized carbons (Fsp3) is 0.261. The third-order valence-electron chi connectivity index (χ3n) is 4.87. The molecule has 1 amide bonds. The number of nitrogens with one attached hydrogen (secondary N) is 1. The van der Waals surface area contributed by atoms with Gasteiger partial charge in [0.25, 0.3) is 0 Å². The molecule has 2 heterocycles. The van der Waals surface area contributed by atoms with Crippen LogP contribution in [0.5, 0.6) is 0 Å². The third-order valence-corrected chi connectivity index (χ3v) is 6.44. The van der Waals surface area contributed by atoms with Gasteiger partial charge in [-0.2, -0.15) is 5.26 Å². The maximum atomic E-state index is 13.3. The van der Waals surface area contributed by atoms with Gasteiger partial charge in [-0.15, -0.1) is 0 Å². The molecule has 3 rings (SSSR count).